The number of pyridine rings is 1. The fourth-order valence-corrected chi connectivity index (χ4v) is 3.22. The predicted octanol–water partition coefficient (Wildman–Crippen LogP) is 2.54. The summed E-state index contributed by atoms with van der Waals surface area (Å²) in [6.07, 6.45) is 1.45. The molecule has 1 aromatic carbocycles. The molecular formula is C21H25N3O4. The largest absolute Gasteiger partial charge is 0.497 e. The molecule has 0 N–H and O–H groups in total. The third-order valence-electron chi connectivity index (χ3n) is 4.81. The van der Waals surface area contributed by atoms with Crippen LogP contribution in [0.2, 0.25) is 0 Å². The number of nitrogens with zero attached hydrogens (tertiary/aromatic N) is 3. The predicted molar refractivity (Wildman–Crippen MR) is 106 cm³/mol. The average molecular weight is 383 g/mol. The van der Waals surface area contributed by atoms with E-state index in [1.807, 2.05) is 24.3 Å². The van der Waals surface area contributed by atoms with E-state index in [1.165, 1.54) is 6.20 Å². The van der Waals surface area contributed by atoms with Gasteiger partial charge >= 0.3 is 5.97 Å². The van der Waals surface area contributed by atoms with Gasteiger partial charge in [-0.25, -0.2) is 4.79 Å². The normalized spacial score (nSPS) is 14.0. The van der Waals surface area contributed by atoms with Gasteiger partial charge in [0.2, 0.25) is 0 Å². The van der Waals surface area contributed by atoms with Gasteiger partial charge in [-0.3, -0.25) is 9.78 Å². The van der Waals surface area contributed by atoms with E-state index in [0.29, 0.717) is 29.9 Å². The summed E-state index contributed by atoms with van der Waals surface area (Å²) >= 11 is 0. The first-order chi connectivity index (χ1) is 13.5. The number of ether oxygens (including phenoxy) is 2. The van der Waals surface area contributed by atoms with Crippen molar-refractivity contribution in [2.75, 3.05) is 44.8 Å². The van der Waals surface area contributed by atoms with E-state index in [9.17, 15) is 9.59 Å². The number of piperazine rings is 1. The van der Waals surface area contributed by atoms with Crippen LogP contribution in [0, 0.1) is 6.92 Å². The van der Waals surface area contributed by atoms with Crippen LogP contribution in [0.3, 0.4) is 0 Å². The van der Waals surface area contributed by atoms with Gasteiger partial charge in [0.25, 0.3) is 5.91 Å². The van der Waals surface area contributed by atoms with Crippen LogP contribution >= 0.6 is 0 Å². The second-order valence-corrected chi connectivity index (χ2v) is 6.56. The van der Waals surface area contributed by atoms with Crippen molar-refractivity contribution >= 4 is 17.6 Å². The number of amides is 1. The number of carbonyl (C=O) groups is 2. The van der Waals surface area contributed by atoms with E-state index >= 15 is 0 Å². The number of esters is 1. The Morgan fingerprint density at radius 2 is 1.89 bits per heavy atom. The minimum atomic E-state index is -0.466. The monoisotopic (exact) mass is 383 g/mol. The van der Waals surface area contributed by atoms with Gasteiger partial charge in [-0.15, -0.1) is 0 Å². The Morgan fingerprint density at radius 1 is 1.14 bits per heavy atom. The minimum Gasteiger partial charge on any atom is -0.497 e. The molecule has 7 nitrogen and oxygen atoms in total. The first-order valence-corrected chi connectivity index (χ1v) is 9.35. The standard InChI is InChI=1S/C21H25N3O4/c1-4-28-21(26)16-12-19(15(2)22-14-16)20(25)24-10-8-23(9-11-24)17-6-5-7-18(13-17)27-3/h5-7,12-14H,4,8-11H2,1-3H3. The molecule has 0 saturated carbocycles. The molecule has 0 aliphatic carbocycles. The fraction of sp³-hybridized carbons (Fsp3) is 0.381. The van der Waals surface area contributed by atoms with Crippen molar-refractivity contribution in [1.29, 1.82) is 0 Å². The highest BCUT2D eigenvalue weighted by atomic mass is 16.5. The topological polar surface area (TPSA) is 72.0 Å². The molecule has 0 spiro atoms. The van der Waals surface area contributed by atoms with Gasteiger partial charge in [0.05, 0.1) is 30.5 Å². The van der Waals surface area contributed by atoms with Crippen LogP contribution in [0.15, 0.2) is 36.5 Å². The molecule has 1 aliphatic rings. The lowest BCUT2D eigenvalue weighted by atomic mass is 10.1. The van der Waals surface area contributed by atoms with E-state index in [0.717, 1.165) is 24.5 Å². The molecule has 28 heavy (non-hydrogen) atoms. The first kappa shape index (κ1) is 19.7. The number of rotatable bonds is 5. The van der Waals surface area contributed by atoms with Crippen LogP contribution in [-0.2, 0) is 4.74 Å². The lowest BCUT2D eigenvalue weighted by Gasteiger charge is -2.36. The number of benzene rings is 1. The molecule has 148 valence electrons. The van der Waals surface area contributed by atoms with Crippen molar-refractivity contribution < 1.29 is 19.1 Å². The van der Waals surface area contributed by atoms with Gasteiger partial charge in [-0.05, 0) is 32.0 Å². The Labute approximate surface area is 164 Å². The highest BCUT2D eigenvalue weighted by Gasteiger charge is 2.25. The van der Waals surface area contributed by atoms with Crippen LogP contribution in [0.5, 0.6) is 5.75 Å². The highest BCUT2D eigenvalue weighted by molar-refractivity contribution is 5.98. The third kappa shape index (κ3) is 4.24. The van der Waals surface area contributed by atoms with Crippen LogP contribution in [-0.4, -0.2) is 61.7 Å². The van der Waals surface area contributed by atoms with Gasteiger partial charge in [0, 0.05) is 44.1 Å². The summed E-state index contributed by atoms with van der Waals surface area (Å²) in [6, 6.07) is 9.49. The number of methoxy groups -OCH3 is 1. The van der Waals surface area contributed by atoms with E-state index in [-0.39, 0.29) is 12.5 Å². The lowest BCUT2D eigenvalue weighted by Crippen LogP contribution is -2.49. The van der Waals surface area contributed by atoms with Gasteiger partial charge in [-0.2, -0.15) is 0 Å². The summed E-state index contributed by atoms with van der Waals surface area (Å²) in [7, 11) is 1.65. The molecule has 2 aromatic rings. The summed E-state index contributed by atoms with van der Waals surface area (Å²) in [6.45, 7) is 6.44. The number of carbonyl (C=O) groups excluding carboxylic acids is 2. The third-order valence-corrected chi connectivity index (χ3v) is 4.81. The second kappa shape index (κ2) is 8.73. The lowest BCUT2D eigenvalue weighted by molar-refractivity contribution is 0.0526. The molecule has 1 aromatic heterocycles. The zero-order chi connectivity index (χ0) is 20.1. The van der Waals surface area contributed by atoms with Crippen molar-refractivity contribution in [3.05, 3.63) is 53.3 Å². The molecule has 0 atom stereocenters. The summed E-state index contributed by atoms with van der Waals surface area (Å²) in [5, 5.41) is 0. The highest BCUT2D eigenvalue weighted by Crippen LogP contribution is 2.23. The van der Waals surface area contributed by atoms with E-state index in [2.05, 4.69) is 9.88 Å². The minimum absolute atomic E-state index is 0.110. The fourth-order valence-electron chi connectivity index (χ4n) is 3.22. The number of anilines is 1. The average Bonchev–Trinajstić information content (AvgIpc) is 2.74. The molecule has 1 aliphatic heterocycles. The number of hydrogen-bond acceptors (Lipinski definition) is 6. The van der Waals surface area contributed by atoms with Crippen LogP contribution in [0.25, 0.3) is 0 Å². The van der Waals surface area contributed by atoms with Gasteiger partial charge < -0.3 is 19.3 Å². The molecule has 3 rings (SSSR count). The van der Waals surface area contributed by atoms with Crippen molar-refractivity contribution in [3.63, 3.8) is 0 Å². The SMILES string of the molecule is CCOC(=O)c1cnc(C)c(C(=O)N2CCN(c3cccc(OC)c3)CC2)c1. The Hall–Kier alpha value is -3.09. The maximum atomic E-state index is 13.0. The molecular weight excluding hydrogens is 358 g/mol. The summed E-state index contributed by atoms with van der Waals surface area (Å²) < 4.78 is 10.3. The van der Waals surface area contributed by atoms with Crippen molar-refractivity contribution in [2.24, 2.45) is 0 Å². The zero-order valence-corrected chi connectivity index (χ0v) is 16.5. The smallest absolute Gasteiger partial charge is 0.339 e. The van der Waals surface area contributed by atoms with Crippen molar-refractivity contribution in [2.45, 2.75) is 13.8 Å². The maximum absolute atomic E-state index is 13.0. The molecule has 1 saturated heterocycles. The van der Waals surface area contributed by atoms with Crippen molar-refractivity contribution in [1.82, 2.24) is 9.88 Å². The maximum Gasteiger partial charge on any atom is 0.339 e. The molecule has 1 amide bonds. The van der Waals surface area contributed by atoms with Crippen LogP contribution in [0.4, 0.5) is 5.69 Å². The molecule has 2 heterocycles. The van der Waals surface area contributed by atoms with Crippen molar-refractivity contribution in [3.8, 4) is 5.75 Å². The second-order valence-electron chi connectivity index (χ2n) is 6.56. The van der Waals surface area contributed by atoms with E-state index < -0.39 is 5.97 Å². The number of hydrogen-bond donors (Lipinski definition) is 0. The Kier molecular flexibility index (Phi) is 6.13. The number of aryl methyl sites for hydroxylation is 1. The Morgan fingerprint density at radius 3 is 2.57 bits per heavy atom. The van der Waals surface area contributed by atoms with Gasteiger partial charge in [0.15, 0.2) is 0 Å². The summed E-state index contributed by atoms with van der Waals surface area (Å²) in [4.78, 5) is 33.2. The summed E-state index contributed by atoms with van der Waals surface area (Å²) in [5.74, 6) is 0.238. The van der Waals surface area contributed by atoms with Crippen LogP contribution < -0.4 is 9.64 Å². The quantitative estimate of drug-likeness (QED) is 0.739. The molecule has 7 heteroatoms. The van der Waals surface area contributed by atoms with Crippen LogP contribution in [0.1, 0.15) is 33.3 Å². The zero-order valence-electron chi connectivity index (χ0n) is 16.5. The van der Waals surface area contributed by atoms with Gasteiger partial charge in [0.1, 0.15) is 5.75 Å². The van der Waals surface area contributed by atoms with E-state index in [1.54, 1.807) is 31.9 Å². The molecule has 1 fully saturated rings. The first-order valence-electron chi connectivity index (χ1n) is 9.35. The number of aromatic nitrogens is 1. The molecule has 0 unspecified atom stereocenters. The Bertz CT molecular complexity index is 860. The molecule has 0 radical (unpaired) electrons. The Balaban J connectivity index is 1.69. The van der Waals surface area contributed by atoms with Gasteiger partial charge in [-0.1, -0.05) is 6.07 Å². The summed E-state index contributed by atoms with van der Waals surface area (Å²) in [5.41, 5.74) is 2.42. The van der Waals surface area contributed by atoms with E-state index in [4.69, 9.17) is 9.47 Å². The molecule has 0 bridgehead atoms.